The quantitative estimate of drug-likeness (QED) is 0.773. The van der Waals surface area contributed by atoms with Crippen molar-refractivity contribution in [2.24, 2.45) is 0 Å². The molecule has 1 heterocycles. The van der Waals surface area contributed by atoms with Crippen molar-refractivity contribution in [1.82, 2.24) is 15.3 Å². The Morgan fingerprint density at radius 1 is 1.18 bits per heavy atom. The highest BCUT2D eigenvalue weighted by Gasteiger charge is 1.97. The van der Waals surface area contributed by atoms with Gasteiger partial charge in [0, 0.05) is 31.4 Å². The normalized spacial score (nSPS) is 10.7. The Kier molecular flexibility index (Phi) is 3.94. The number of aromatic amines is 1. The number of aromatic nitrogens is 2. The van der Waals surface area contributed by atoms with Gasteiger partial charge in [-0.05, 0) is 19.4 Å². The molecule has 0 amide bonds. The number of aryl methyl sites for hydroxylation is 2. The first-order valence-electron chi connectivity index (χ1n) is 5.99. The van der Waals surface area contributed by atoms with Crippen molar-refractivity contribution in [3.8, 4) is 0 Å². The number of nitrogens with one attached hydrogen (secondary N) is 2. The van der Waals surface area contributed by atoms with Gasteiger partial charge >= 0.3 is 0 Å². The molecule has 1 aromatic carbocycles. The van der Waals surface area contributed by atoms with Crippen LogP contribution in [0, 0.1) is 13.8 Å². The van der Waals surface area contributed by atoms with Gasteiger partial charge in [-0.25, -0.2) is 4.98 Å². The van der Waals surface area contributed by atoms with E-state index in [4.69, 9.17) is 0 Å². The van der Waals surface area contributed by atoms with E-state index in [0.29, 0.717) is 0 Å². The summed E-state index contributed by atoms with van der Waals surface area (Å²) in [7, 11) is 0. The van der Waals surface area contributed by atoms with Gasteiger partial charge in [0.1, 0.15) is 0 Å². The summed E-state index contributed by atoms with van der Waals surface area (Å²) in [6.45, 7) is 6.17. The Balaban J connectivity index is 1.78. The van der Waals surface area contributed by atoms with Crippen LogP contribution in [0.1, 0.15) is 22.4 Å². The average molecular weight is 229 g/mol. The van der Waals surface area contributed by atoms with Crippen molar-refractivity contribution in [3.05, 3.63) is 53.1 Å². The zero-order chi connectivity index (χ0) is 12.1. The minimum Gasteiger partial charge on any atom is -0.348 e. The fourth-order valence-corrected chi connectivity index (χ4v) is 2.05. The molecule has 0 aliphatic rings. The molecule has 2 rings (SSSR count). The van der Waals surface area contributed by atoms with Crippen LogP contribution in [-0.2, 0) is 13.0 Å². The molecule has 0 spiro atoms. The molecule has 3 nitrogen and oxygen atoms in total. The summed E-state index contributed by atoms with van der Waals surface area (Å²) in [5.41, 5.74) is 5.19. The summed E-state index contributed by atoms with van der Waals surface area (Å²) < 4.78 is 0. The zero-order valence-corrected chi connectivity index (χ0v) is 10.5. The van der Waals surface area contributed by atoms with Crippen molar-refractivity contribution >= 4 is 0 Å². The lowest BCUT2D eigenvalue weighted by molar-refractivity contribution is 0.680. The third-order valence-corrected chi connectivity index (χ3v) is 2.74. The van der Waals surface area contributed by atoms with Crippen molar-refractivity contribution in [3.63, 3.8) is 0 Å². The fraction of sp³-hybridized carbons (Fsp3) is 0.357. The predicted octanol–water partition coefficient (Wildman–Crippen LogP) is 2.36. The smallest absolute Gasteiger partial charge is 0.0921 e. The first-order chi connectivity index (χ1) is 8.24. The Labute approximate surface area is 102 Å². The van der Waals surface area contributed by atoms with Gasteiger partial charge in [0.25, 0.3) is 0 Å². The van der Waals surface area contributed by atoms with E-state index in [1.54, 1.807) is 6.33 Å². The number of H-pyrrole nitrogens is 1. The molecule has 2 N–H and O–H groups in total. The predicted molar refractivity (Wildman–Crippen MR) is 69.9 cm³/mol. The molecule has 0 saturated heterocycles. The summed E-state index contributed by atoms with van der Waals surface area (Å²) in [6, 6.07) is 6.67. The number of imidazole rings is 1. The molecule has 0 aliphatic carbocycles. The van der Waals surface area contributed by atoms with Gasteiger partial charge in [-0.1, -0.05) is 29.3 Å². The Hall–Kier alpha value is -1.61. The van der Waals surface area contributed by atoms with Crippen LogP contribution in [0.25, 0.3) is 0 Å². The van der Waals surface area contributed by atoms with Gasteiger partial charge in [0.05, 0.1) is 6.33 Å². The van der Waals surface area contributed by atoms with Crippen LogP contribution >= 0.6 is 0 Å². The maximum atomic E-state index is 4.00. The van der Waals surface area contributed by atoms with E-state index in [2.05, 4.69) is 47.3 Å². The lowest BCUT2D eigenvalue weighted by Gasteiger charge is -2.06. The van der Waals surface area contributed by atoms with Crippen LogP contribution in [0.4, 0.5) is 0 Å². The average Bonchev–Trinajstić information content (AvgIpc) is 2.76. The maximum Gasteiger partial charge on any atom is 0.0921 e. The molecule has 1 aromatic heterocycles. The molecule has 90 valence electrons. The van der Waals surface area contributed by atoms with E-state index in [0.717, 1.165) is 19.5 Å². The first-order valence-corrected chi connectivity index (χ1v) is 5.99. The molecule has 2 aromatic rings. The van der Waals surface area contributed by atoms with Crippen LogP contribution in [0.15, 0.2) is 30.7 Å². The second-order valence-corrected chi connectivity index (χ2v) is 4.50. The first kappa shape index (κ1) is 11.9. The van der Waals surface area contributed by atoms with Crippen LogP contribution in [-0.4, -0.2) is 16.5 Å². The highest BCUT2D eigenvalue weighted by Crippen LogP contribution is 2.08. The zero-order valence-electron chi connectivity index (χ0n) is 10.5. The van der Waals surface area contributed by atoms with Crippen LogP contribution < -0.4 is 5.32 Å². The van der Waals surface area contributed by atoms with E-state index in [1.807, 2.05) is 6.20 Å². The highest BCUT2D eigenvalue weighted by molar-refractivity contribution is 5.28. The van der Waals surface area contributed by atoms with Crippen LogP contribution in [0.2, 0.25) is 0 Å². The van der Waals surface area contributed by atoms with E-state index in [-0.39, 0.29) is 0 Å². The van der Waals surface area contributed by atoms with Gasteiger partial charge in [0.15, 0.2) is 0 Å². The molecular weight excluding hydrogens is 210 g/mol. The van der Waals surface area contributed by atoms with Gasteiger partial charge in [-0.2, -0.15) is 0 Å². The second-order valence-electron chi connectivity index (χ2n) is 4.50. The molecule has 0 bridgehead atoms. The monoisotopic (exact) mass is 229 g/mol. The van der Waals surface area contributed by atoms with Gasteiger partial charge in [0.2, 0.25) is 0 Å². The Morgan fingerprint density at radius 3 is 2.59 bits per heavy atom. The third-order valence-electron chi connectivity index (χ3n) is 2.74. The van der Waals surface area contributed by atoms with Gasteiger partial charge < -0.3 is 10.3 Å². The SMILES string of the molecule is Cc1cc(C)cc(CNCCc2cnc[nH]2)c1. The minimum atomic E-state index is 0.927. The van der Waals surface area contributed by atoms with Gasteiger partial charge in [-0.3, -0.25) is 0 Å². The van der Waals surface area contributed by atoms with Crippen molar-refractivity contribution in [2.75, 3.05) is 6.54 Å². The number of hydrogen-bond acceptors (Lipinski definition) is 2. The molecule has 0 unspecified atom stereocenters. The summed E-state index contributed by atoms with van der Waals surface area (Å²) in [4.78, 5) is 7.10. The minimum absolute atomic E-state index is 0.927. The lowest BCUT2D eigenvalue weighted by Crippen LogP contribution is -2.16. The van der Waals surface area contributed by atoms with E-state index in [1.165, 1.54) is 22.4 Å². The van der Waals surface area contributed by atoms with Gasteiger partial charge in [-0.15, -0.1) is 0 Å². The number of rotatable bonds is 5. The van der Waals surface area contributed by atoms with Crippen molar-refractivity contribution in [2.45, 2.75) is 26.8 Å². The molecule has 0 saturated carbocycles. The summed E-state index contributed by atoms with van der Waals surface area (Å²) in [6.07, 6.45) is 4.59. The maximum absolute atomic E-state index is 4.00. The topological polar surface area (TPSA) is 40.7 Å². The van der Waals surface area contributed by atoms with E-state index in [9.17, 15) is 0 Å². The standard InChI is InChI=1S/C14H19N3/c1-11-5-12(2)7-13(6-11)8-15-4-3-14-9-16-10-17-14/h5-7,9-10,15H,3-4,8H2,1-2H3,(H,16,17). The van der Waals surface area contributed by atoms with E-state index >= 15 is 0 Å². The number of benzene rings is 1. The third kappa shape index (κ3) is 3.71. The fourth-order valence-electron chi connectivity index (χ4n) is 2.05. The molecule has 0 radical (unpaired) electrons. The van der Waals surface area contributed by atoms with Crippen molar-refractivity contribution < 1.29 is 0 Å². The summed E-state index contributed by atoms with van der Waals surface area (Å²) in [5.74, 6) is 0. The molecule has 3 heteroatoms. The van der Waals surface area contributed by atoms with Crippen LogP contribution in [0.5, 0.6) is 0 Å². The molecule has 0 atom stereocenters. The largest absolute Gasteiger partial charge is 0.348 e. The lowest BCUT2D eigenvalue weighted by atomic mass is 10.1. The molecular formula is C14H19N3. The number of nitrogens with zero attached hydrogens (tertiary/aromatic N) is 1. The van der Waals surface area contributed by atoms with Crippen molar-refractivity contribution in [1.29, 1.82) is 0 Å². The van der Waals surface area contributed by atoms with E-state index < -0.39 is 0 Å². The molecule has 17 heavy (non-hydrogen) atoms. The molecule has 0 fully saturated rings. The van der Waals surface area contributed by atoms with Crippen LogP contribution in [0.3, 0.4) is 0 Å². The summed E-state index contributed by atoms with van der Waals surface area (Å²) in [5, 5.41) is 3.45. The second kappa shape index (κ2) is 5.64. The highest BCUT2D eigenvalue weighted by atomic mass is 14.9. The Morgan fingerprint density at radius 2 is 1.94 bits per heavy atom. The summed E-state index contributed by atoms with van der Waals surface area (Å²) >= 11 is 0. The molecule has 0 aliphatic heterocycles. The number of hydrogen-bond donors (Lipinski definition) is 2. The Bertz CT molecular complexity index is 440.